The van der Waals surface area contributed by atoms with E-state index in [1.165, 1.54) is 29.8 Å². The molecule has 4 nitrogen and oxygen atoms in total. The van der Waals surface area contributed by atoms with Crippen LogP contribution in [-0.2, 0) is 24.1 Å². The van der Waals surface area contributed by atoms with Crippen molar-refractivity contribution in [3.05, 3.63) is 125 Å². The highest BCUT2D eigenvalue weighted by Crippen LogP contribution is 2.30. The molecule has 0 aliphatic rings. The maximum Gasteiger partial charge on any atom is 0.225 e. The SMILES string of the molecule is Cc1cc(F)cc(C[C@H](NC(=O)Cc2c[nH]c3ccc(F)cc23)c2ncccc2-c2ccc(CC(C)C)cc2)c1. The summed E-state index contributed by atoms with van der Waals surface area (Å²) < 4.78 is 28.2. The maximum atomic E-state index is 14.3. The zero-order valence-electron chi connectivity index (χ0n) is 23.0. The Kier molecular flexibility index (Phi) is 8.06. The minimum atomic E-state index is -0.512. The fraction of sp³-hybridized carbons (Fsp3) is 0.235. The molecule has 5 rings (SSSR count). The number of benzene rings is 3. The van der Waals surface area contributed by atoms with Crippen molar-refractivity contribution >= 4 is 16.8 Å². The summed E-state index contributed by atoms with van der Waals surface area (Å²) in [5.41, 5.74) is 6.92. The quantitative estimate of drug-likeness (QED) is 0.203. The average molecular weight is 538 g/mol. The van der Waals surface area contributed by atoms with Crippen molar-refractivity contribution < 1.29 is 13.6 Å². The minimum absolute atomic E-state index is 0.0637. The van der Waals surface area contributed by atoms with Crippen LogP contribution < -0.4 is 5.32 Å². The predicted molar refractivity (Wildman–Crippen MR) is 156 cm³/mol. The molecule has 0 bridgehead atoms. The van der Waals surface area contributed by atoms with E-state index in [2.05, 4.69) is 48.4 Å². The summed E-state index contributed by atoms with van der Waals surface area (Å²) in [4.78, 5) is 21.2. The van der Waals surface area contributed by atoms with Gasteiger partial charge in [0.2, 0.25) is 5.91 Å². The number of carbonyl (C=O) groups excluding carboxylic acids is 1. The summed E-state index contributed by atoms with van der Waals surface area (Å²) in [6.07, 6.45) is 4.87. The van der Waals surface area contributed by atoms with Crippen molar-refractivity contribution in [3.63, 3.8) is 0 Å². The van der Waals surface area contributed by atoms with E-state index in [1.807, 2.05) is 25.1 Å². The van der Waals surface area contributed by atoms with Gasteiger partial charge in [-0.2, -0.15) is 0 Å². The number of aromatic amines is 1. The number of H-pyrrole nitrogens is 1. The Labute approximate surface area is 233 Å². The first-order chi connectivity index (χ1) is 19.2. The average Bonchev–Trinajstić information content (AvgIpc) is 3.29. The Morgan fingerprint density at radius 3 is 2.48 bits per heavy atom. The third-order valence-electron chi connectivity index (χ3n) is 7.03. The van der Waals surface area contributed by atoms with E-state index in [0.717, 1.165) is 34.2 Å². The molecule has 2 heterocycles. The van der Waals surface area contributed by atoms with Crippen LogP contribution in [0.4, 0.5) is 8.78 Å². The molecule has 3 aromatic carbocycles. The molecule has 5 aromatic rings. The van der Waals surface area contributed by atoms with Crippen molar-refractivity contribution in [2.24, 2.45) is 5.92 Å². The lowest BCUT2D eigenvalue weighted by Gasteiger charge is -2.22. The van der Waals surface area contributed by atoms with E-state index < -0.39 is 6.04 Å². The largest absolute Gasteiger partial charge is 0.361 e. The number of nitrogens with one attached hydrogen (secondary N) is 2. The lowest BCUT2D eigenvalue weighted by Crippen LogP contribution is -2.32. The highest BCUT2D eigenvalue weighted by molar-refractivity contribution is 5.89. The number of aryl methyl sites for hydroxylation is 1. The number of pyridine rings is 1. The molecule has 0 saturated carbocycles. The Hall–Kier alpha value is -4.32. The topological polar surface area (TPSA) is 57.8 Å². The number of rotatable bonds is 9. The number of hydrogen-bond acceptors (Lipinski definition) is 2. The first-order valence-corrected chi connectivity index (χ1v) is 13.6. The standard InChI is InChI=1S/C34H33F2N3O/c1-21(2)13-23-6-8-25(9-7-23)29-5-4-12-37-34(29)32(17-24-14-22(3)15-28(36)16-24)39-33(40)18-26-20-38-31-11-10-27(35)19-30(26)31/h4-12,14-16,19-21,32,38H,13,17-18H2,1-3H3,(H,39,40)/t32-/m0/s1. The van der Waals surface area contributed by atoms with Gasteiger partial charge in [-0.05, 0) is 89.9 Å². The second-order valence-corrected chi connectivity index (χ2v) is 10.9. The van der Waals surface area contributed by atoms with Gasteiger partial charge in [0.25, 0.3) is 0 Å². The van der Waals surface area contributed by atoms with Gasteiger partial charge in [0.1, 0.15) is 11.6 Å². The Morgan fingerprint density at radius 2 is 1.73 bits per heavy atom. The van der Waals surface area contributed by atoms with Crippen LogP contribution in [0.5, 0.6) is 0 Å². The summed E-state index contributed by atoms with van der Waals surface area (Å²) in [7, 11) is 0. The number of carbonyl (C=O) groups is 1. The smallest absolute Gasteiger partial charge is 0.225 e. The normalized spacial score (nSPS) is 12.2. The molecule has 6 heteroatoms. The Bertz CT molecular complexity index is 1620. The van der Waals surface area contributed by atoms with E-state index in [0.29, 0.717) is 29.0 Å². The number of hydrogen-bond donors (Lipinski definition) is 2. The molecule has 204 valence electrons. The number of amides is 1. The Balaban J connectivity index is 1.48. The molecule has 2 aromatic heterocycles. The van der Waals surface area contributed by atoms with E-state index in [-0.39, 0.29) is 24.0 Å². The summed E-state index contributed by atoms with van der Waals surface area (Å²) in [5.74, 6) is -0.344. The molecule has 1 atom stereocenters. The van der Waals surface area contributed by atoms with Gasteiger partial charge < -0.3 is 10.3 Å². The summed E-state index contributed by atoms with van der Waals surface area (Å²) in [6.45, 7) is 6.24. The van der Waals surface area contributed by atoms with E-state index >= 15 is 0 Å². The second-order valence-electron chi connectivity index (χ2n) is 10.9. The minimum Gasteiger partial charge on any atom is -0.361 e. The van der Waals surface area contributed by atoms with Crippen LogP contribution in [0.25, 0.3) is 22.0 Å². The van der Waals surface area contributed by atoms with Gasteiger partial charge in [-0.25, -0.2) is 8.78 Å². The van der Waals surface area contributed by atoms with Crippen LogP contribution >= 0.6 is 0 Å². The molecular formula is C34H33F2N3O. The molecule has 0 spiro atoms. The van der Waals surface area contributed by atoms with Crippen molar-refractivity contribution in [2.45, 2.75) is 46.1 Å². The summed E-state index contributed by atoms with van der Waals surface area (Å²) >= 11 is 0. The van der Waals surface area contributed by atoms with Crippen LogP contribution in [0.2, 0.25) is 0 Å². The highest BCUT2D eigenvalue weighted by Gasteiger charge is 2.22. The third kappa shape index (κ3) is 6.45. The zero-order valence-corrected chi connectivity index (χ0v) is 23.0. The molecule has 0 fully saturated rings. The maximum absolute atomic E-state index is 14.3. The second kappa shape index (κ2) is 11.8. The number of nitrogens with zero attached hydrogens (tertiary/aromatic N) is 1. The van der Waals surface area contributed by atoms with Gasteiger partial charge in [-0.1, -0.05) is 50.2 Å². The number of fused-ring (bicyclic) bond motifs is 1. The molecule has 0 aliphatic carbocycles. The molecule has 0 saturated heterocycles. The van der Waals surface area contributed by atoms with Crippen molar-refractivity contribution in [2.75, 3.05) is 0 Å². The number of aromatic nitrogens is 2. The first kappa shape index (κ1) is 27.3. The van der Waals surface area contributed by atoms with Crippen LogP contribution in [0, 0.1) is 24.5 Å². The lowest BCUT2D eigenvalue weighted by atomic mass is 9.93. The number of halogens is 2. The monoisotopic (exact) mass is 537 g/mol. The van der Waals surface area contributed by atoms with Crippen LogP contribution in [0.1, 0.15) is 47.8 Å². The first-order valence-electron chi connectivity index (χ1n) is 13.6. The molecule has 40 heavy (non-hydrogen) atoms. The lowest BCUT2D eigenvalue weighted by molar-refractivity contribution is -0.121. The van der Waals surface area contributed by atoms with Crippen LogP contribution in [0.15, 0.2) is 85.2 Å². The molecule has 0 unspecified atom stereocenters. The molecular weight excluding hydrogens is 504 g/mol. The fourth-order valence-electron chi connectivity index (χ4n) is 5.33. The van der Waals surface area contributed by atoms with Gasteiger partial charge in [-0.3, -0.25) is 9.78 Å². The van der Waals surface area contributed by atoms with Crippen LogP contribution in [0.3, 0.4) is 0 Å². The molecule has 2 N–H and O–H groups in total. The summed E-state index contributed by atoms with van der Waals surface area (Å²) in [6, 6.07) is 21.2. The molecule has 1 amide bonds. The molecule has 0 aliphatic heterocycles. The van der Waals surface area contributed by atoms with Gasteiger partial charge >= 0.3 is 0 Å². The predicted octanol–water partition coefficient (Wildman–Crippen LogP) is 7.66. The van der Waals surface area contributed by atoms with Gasteiger partial charge in [-0.15, -0.1) is 0 Å². The van der Waals surface area contributed by atoms with Gasteiger partial charge in [0, 0.05) is 28.9 Å². The van der Waals surface area contributed by atoms with Crippen molar-refractivity contribution in [3.8, 4) is 11.1 Å². The Morgan fingerprint density at radius 1 is 0.925 bits per heavy atom. The molecule has 0 radical (unpaired) electrons. The van der Waals surface area contributed by atoms with Crippen molar-refractivity contribution in [1.29, 1.82) is 0 Å². The van der Waals surface area contributed by atoms with Crippen LogP contribution in [-0.4, -0.2) is 15.9 Å². The van der Waals surface area contributed by atoms with Gasteiger partial charge in [0.15, 0.2) is 0 Å². The van der Waals surface area contributed by atoms with Crippen molar-refractivity contribution in [1.82, 2.24) is 15.3 Å². The zero-order chi connectivity index (χ0) is 28.2. The van der Waals surface area contributed by atoms with Gasteiger partial charge in [0.05, 0.1) is 18.2 Å². The summed E-state index contributed by atoms with van der Waals surface area (Å²) in [5, 5.41) is 3.83. The van der Waals surface area contributed by atoms with E-state index in [4.69, 9.17) is 4.98 Å². The highest BCUT2D eigenvalue weighted by atomic mass is 19.1. The third-order valence-corrected chi connectivity index (χ3v) is 7.03. The fourth-order valence-corrected chi connectivity index (χ4v) is 5.33. The van der Waals surface area contributed by atoms with E-state index in [1.54, 1.807) is 18.5 Å². The van der Waals surface area contributed by atoms with E-state index in [9.17, 15) is 13.6 Å².